The highest BCUT2D eigenvalue weighted by Gasteiger charge is 2.13. The van der Waals surface area contributed by atoms with E-state index in [1.165, 1.54) is 7.05 Å². The van der Waals surface area contributed by atoms with Gasteiger partial charge in [-0.3, -0.25) is 9.59 Å². The summed E-state index contributed by atoms with van der Waals surface area (Å²) in [5.41, 5.74) is 0. The topological polar surface area (TPSA) is 90.0 Å². The monoisotopic (exact) mass is 259 g/mol. The van der Waals surface area contributed by atoms with Crippen molar-refractivity contribution in [2.45, 2.75) is 20.3 Å². The maximum absolute atomic E-state index is 11.6. The first-order valence-corrected chi connectivity index (χ1v) is 5.90. The van der Waals surface area contributed by atoms with E-state index in [-0.39, 0.29) is 25.4 Å². The third kappa shape index (κ3) is 6.07. The smallest absolute Gasteiger partial charge is 0.323 e. The Kier molecular flexibility index (Phi) is 7.50. The van der Waals surface area contributed by atoms with Crippen molar-refractivity contribution < 1.29 is 19.5 Å². The Balaban J connectivity index is 3.93. The lowest BCUT2D eigenvalue weighted by Crippen LogP contribution is -2.41. The van der Waals surface area contributed by atoms with Gasteiger partial charge < -0.3 is 20.2 Å². The molecule has 0 aliphatic carbocycles. The maximum atomic E-state index is 11.6. The number of carboxylic acid groups (broad SMARTS) is 1. The molecule has 0 radical (unpaired) electrons. The van der Waals surface area contributed by atoms with E-state index < -0.39 is 12.0 Å². The fraction of sp³-hybridized carbons (Fsp3) is 0.727. The van der Waals surface area contributed by atoms with Gasteiger partial charge in [-0.25, -0.2) is 4.79 Å². The van der Waals surface area contributed by atoms with E-state index in [4.69, 9.17) is 5.11 Å². The normalized spacial score (nSPS) is 9.72. The maximum Gasteiger partial charge on any atom is 0.323 e. The summed E-state index contributed by atoms with van der Waals surface area (Å²) in [5.74, 6) is -1.10. The molecular weight excluding hydrogens is 238 g/mol. The summed E-state index contributed by atoms with van der Waals surface area (Å²) < 4.78 is 0. The fourth-order valence-corrected chi connectivity index (χ4v) is 1.42. The van der Waals surface area contributed by atoms with Gasteiger partial charge in [0.05, 0.1) is 0 Å². The number of carboxylic acids is 1. The summed E-state index contributed by atoms with van der Waals surface area (Å²) >= 11 is 0. The summed E-state index contributed by atoms with van der Waals surface area (Å²) in [6, 6.07) is -0.496. The molecule has 2 N–H and O–H groups in total. The quantitative estimate of drug-likeness (QED) is 0.672. The van der Waals surface area contributed by atoms with Crippen molar-refractivity contribution in [1.82, 2.24) is 15.1 Å². The van der Waals surface area contributed by atoms with Crippen LogP contribution in [0.2, 0.25) is 0 Å². The molecular formula is C11H21N3O4. The van der Waals surface area contributed by atoms with E-state index in [9.17, 15) is 14.4 Å². The predicted molar refractivity (Wildman–Crippen MR) is 66.2 cm³/mol. The first-order chi connectivity index (χ1) is 8.42. The van der Waals surface area contributed by atoms with Crippen molar-refractivity contribution in [3.63, 3.8) is 0 Å². The van der Waals surface area contributed by atoms with Gasteiger partial charge >= 0.3 is 12.0 Å². The number of nitrogens with one attached hydrogen (secondary N) is 1. The number of hydrogen-bond acceptors (Lipinski definition) is 3. The summed E-state index contributed by atoms with van der Waals surface area (Å²) in [4.78, 5) is 36.1. The number of hydrogen-bond donors (Lipinski definition) is 2. The van der Waals surface area contributed by atoms with Gasteiger partial charge in [-0.1, -0.05) is 0 Å². The minimum absolute atomic E-state index is 0.0267. The molecule has 0 saturated carbocycles. The van der Waals surface area contributed by atoms with Crippen LogP contribution in [0.3, 0.4) is 0 Å². The minimum atomic E-state index is -1.08. The van der Waals surface area contributed by atoms with Gasteiger partial charge in [0.15, 0.2) is 0 Å². The molecule has 7 nitrogen and oxygen atoms in total. The number of likely N-dealkylation sites (N-methyl/N-ethyl adjacent to an activating group) is 1. The summed E-state index contributed by atoms with van der Waals surface area (Å²) in [5, 5.41) is 11.0. The molecule has 0 aromatic heterocycles. The van der Waals surface area contributed by atoms with Gasteiger partial charge in [-0.2, -0.15) is 0 Å². The van der Waals surface area contributed by atoms with Gasteiger partial charge in [0.1, 0.15) is 6.54 Å². The Labute approximate surface area is 107 Å². The van der Waals surface area contributed by atoms with Crippen LogP contribution in [0, 0.1) is 0 Å². The molecule has 0 unspecified atom stereocenters. The highest BCUT2D eigenvalue weighted by atomic mass is 16.4. The third-order valence-corrected chi connectivity index (χ3v) is 2.45. The van der Waals surface area contributed by atoms with Crippen LogP contribution in [0.1, 0.15) is 20.3 Å². The van der Waals surface area contributed by atoms with Crippen LogP contribution in [0.15, 0.2) is 0 Å². The van der Waals surface area contributed by atoms with Gasteiger partial charge in [0.25, 0.3) is 0 Å². The standard InChI is InChI=1S/C11H21N3O4/c1-4-14(5-2)9(15)6-7-12-11(18)13(3)8-10(16)17/h4-8H2,1-3H3,(H,12,18)(H,16,17). The number of carbonyl (C=O) groups excluding carboxylic acids is 2. The van der Waals surface area contributed by atoms with Crippen molar-refractivity contribution in [1.29, 1.82) is 0 Å². The zero-order chi connectivity index (χ0) is 14.1. The lowest BCUT2D eigenvalue weighted by Gasteiger charge is -2.19. The summed E-state index contributed by atoms with van der Waals surface area (Å²) in [7, 11) is 1.38. The third-order valence-electron chi connectivity index (χ3n) is 2.45. The molecule has 0 heterocycles. The van der Waals surface area contributed by atoms with E-state index in [1.807, 2.05) is 13.8 Å². The van der Waals surface area contributed by atoms with Crippen molar-refractivity contribution in [3.05, 3.63) is 0 Å². The summed E-state index contributed by atoms with van der Waals surface area (Å²) in [6.07, 6.45) is 0.217. The number of amides is 3. The summed E-state index contributed by atoms with van der Waals surface area (Å²) in [6.45, 7) is 4.90. The van der Waals surface area contributed by atoms with E-state index in [0.717, 1.165) is 4.90 Å². The molecule has 0 rings (SSSR count). The molecule has 0 aliphatic heterocycles. The largest absolute Gasteiger partial charge is 0.480 e. The van der Waals surface area contributed by atoms with Crippen molar-refractivity contribution in [3.8, 4) is 0 Å². The highest BCUT2D eigenvalue weighted by molar-refractivity contribution is 5.81. The Morgan fingerprint density at radius 2 is 1.72 bits per heavy atom. The van der Waals surface area contributed by atoms with Gasteiger partial charge in [-0.05, 0) is 13.8 Å². The van der Waals surface area contributed by atoms with E-state index >= 15 is 0 Å². The van der Waals surface area contributed by atoms with Crippen molar-refractivity contribution >= 4 is 17.9 Å². The molecule has 7 heteroatoms. The molecule has 0 aliphatic rings. The molecule has 3 amide bonds. The Bertz CT molecular complexity index is 303. The fourth-order valence-electron chi connectivity index (χ4n) is 1.42. The van der Waals surface area contributed by atoms with Crippen LogP contribution in [0.25, 0.3) is 0 Å². The Hall–Kier alpha value is -1.79. The second-order valence-corrected chi connectivity index (χ2v) is 3.80. The van der Waals surface area contributed by atoms with Gasteiger partial charge in [0.2, 0.25) is 5.91 Å². The molecule has 0 aromatic carbocycles. The Morgan fingerprint density at radius 3 is 2.17 bits per heavy atom. The lowest BCUT2D eigenvalue weighted by molar-refractivity contribution is -0.137. The van der Waals surface area contributed by atoms with Gasteiger partial charge in [-0.15, -0.1) is 0 Å². The highest BCUT2D eigenvalue weighted by Crippen LogP contribution is 1.93. The number of nitrogens with zero attached hydrogens (tertiary/aromatic N) is 2. The zero-order valence-corrected chi connectivity index (χ0v) is 11.1. The first kappa shape index (κ1) is 16.2. The molecule has 0 aromatic rings. The van der Waals surface area contributed by atoms with E-state index in [1.54, 1.807) is 4.90 Å². The number of rotatable bonds is 7. The second kappa shape index (κ2) is 8.32. The molecule has 0 saturated heterocycles. The van der Waals surface area contributed by atoms with Crippen LogP contribution in [-0.2, 0) is 9.59 Å². The molecule has 0 atom stereocenters. The molecule has 0 spiro atoms. The van der Waals surface area contributed by atoms with Gasteiger partial charge in [0, 0.05) is 33.1 Å². The van der Waals surface area contributed by atoms with E-state index in [2.05, 4.69) is 5.32 Å². The molecule has 0 bridgehead atoms. The van der Waals surface area contributed by atoms with Crippen LogP contribution in [0.5, 0.6) is 0 Å². The first-order valence-electron chi connectivity index (χ1n) is 5.90. The molecule has 0 fully saturated rings. The zero-order valence-electron chi connectivity index (χ0n) is 11.1. The van der Waals surface area contributed by atoms with Crippen LogP contribution >= 0.6 is 0 Å². The number of carbonyl (C=O) groups is 3. The average Bonchev–Trinajstić information content (AvgIpc) is 2.29. The van der Waals surface area contributed by atoms with Crippen molar-refractivity contribution in [2.75, 3.05) is 33.2 Å². The average molecular weight is 259 g/mol. The second-order valence-electron chi connectivity index (χ2n) is 3.80. The predicted octanol–water partition coefficient (Wildman–Crippen LogP) is -0.0291. The SMILES string of the molecule is CCN(CC)C(=O)CCNC(=O)N(C)CC(=O)O. The van der Waals surface area contributed by atoms with Crippen LogP contribution < -0.4 is 5.32 Å². The Morgan fingerprint density at radius 1 is 1.17 bits per heavy atom. The van der Waals surface area contributed by atoms with E-state index in [0.29, 0.717) is 13.1 Å². The van der Waals surface area contributed by atoms with Crippen LogP contribution in [-0.4, -0.2) is 66.0 Å². The molecule has 18 heavy (non-hydrogen) atoms. The lowest BCUT2D eigenvalue weighted by atomic mass is 10.3. The number of urea groups is 1. The molecule has 104 valence electrons. The van der Waals surface area contributed by atoms with Crippen LogP contribution in [0.4, 0.5) is 4.79 Å². The van der Waals surface area contributed by atoms with Crippen molar-refractivity contribution in [2.24, 2.45) is 0 Å². The number of aliphatic carboxylic acids is 1. The minimum Gasteiger partial charge on any atom is -0.480 e.